The van der Waals surface area contributed by atoms with E-state index in [-0.39, 0.29) is 0 Å². The number of hydrogen-bond donors (Lipinski definition) is 1. The van der Waals surface area contributed by atoms with Gasteiger partial charge in [-0.1, -0.05) is 37.3 Å². The van der Waals surface area contributed by atoms with E-state index in [4.69, 9.17) is 5.11 Å². The summed E-state index contributed by atoms with van der Waals surface area (Å²) in [4.78, 5) is 0. The molecule has 0 saturated carbocycles. The molecule has 0 aliphatic heterocycles. The Balaban J connectivity index is 2.92. The van der Waals surface area contributed by atoms with Crippen LogP contribution in [0.3, 0.4) is 0 Å². The summed E-state index contributed by atoms with van der Waals surface area (Å²) in [6.45, 7) is 2.02. The molecule has 0 aliphatic carbocycles. The molecule has 0 spiro atoms. The molecule has 0 fully saturated rings. The zero-order chi connectivity index (χ0) is 8.10. The van der Waals surface area contributed by atoms with Gasteiger partial charge in [0.2, 0.25) is 0 Å². The van der Waals surface area contributed by atoms with Gasteiger partial charge in [-0.2, -0.15) is 0 Å². The van der Waals surface area contributed by atoms with Gasteiger partial charge in [0.15, 0.2) is 0 Å². The average molecular weight is 148 g/mol. The maximum atomic E-state index is 8.82. The Kier molecular flexibility index (Phi) is 2.73. The van der Waals surface area contributed by atoms with Crippen LogP contribution in [0.4, 0.5) is 0 Å². The second kappa shape index (κ2) is 3.81. The van der Waals surface area contributed by atoms with Crippen molar-refractivity contribution in [1.82, 2.24) is 0 Å². The summed E-state index contributed by atoms with van der Waals surface area (Å²) in [5.41, 5.74) is 2.07. The first kappa shape index (κ1) is 7.86. The molecule has 0 amide bonds. The zero-order valence-electron chi connectivity index (χ0n) is 6.62. The fourth-order valence-electron chi connectivity index (χ4n) is 1.02. The molecule has 0 unspecified atom stereocenters. The van der Waals surface area contributed by atoms with E-state index in [1.165, 1.54) is 6.26 Å². The quantitative estimate of drug-likeness (QED) is 0.639. The fraction of sp³-hybridized carbons (Fsp3) is 0.200. The maximum absolute atomic E-state index is 8.82. The van der Waals surface area contributed by atoms with Gasteiger partial charge in [-0.25, -0.2) is 0 Å². The zero-order valence-corrected chi connectivity index (χ0v) is 6.62. The van der Waals surface area contributed by atoms with Crippen LogP contribution >= 0.6 is 0 Å². The standard InChI is InChI=1S/C10H12O/c1-2-9(8-11)10-6-4-3-5-7-10/h3-8,11H,2H2,1H3. The second-order valence-corrected chi connectivity index (χ2v) is 2.37. The molecule has 1 nitrogen and oxygen atoms in total. The van der Waals surface area contributed by atoms with Gasteiger partial charge in [0.25, 0.3) is 0 Å². The molecule has 0 bridgehead atoms. The third kappa shape index (κ3) is 1.84. The van der Waals surface area contributed by atoms with Crippen LogP contribution in [0.2, 0.25) is 0 Å². The van der Waals surface area contributed by atoms with Crippen molar-refractivity contribution in [1.29, 1.82) is 0 Å². The van der Waals surface area contributed by atoms with E-state index in [1.807, 2.05) is 37.3 Å². The van der Waals surface area contributed by atoms with Crippen molar-refractivity contribution < 1.29 is 5.11 Å². The van der Waals surface area contributed by atoms with E-state index < -0.39 is 0 Å². The molecule has 0 aliphatic rings. The summed E-state index contributed by atoms with van der Waals surface area (Å²) in [6.07, 6.45) is 2.04. The van der Waals surface area contributed by atoms with Crippen LogP contribution in [0.1, 0.15) is 18.9 Å². The van der Waals surface area contributed by atoms with Crippen molar-refractivity contribution in [3.63, 3.8) is 0 Å². The molecule has 0 saturated heterocycles. The van der Waals surface area contributed by atoms with Gasteiger partial charge in [-0.3, -0.25) is 0 Å². The van der Waals surface area contributed by atoms with Gasteiger partial charge in [-0.15, -0.1) is 0 Å². The Morgan fingerprint density at radius 3 is 2.45 bits per heavy atom. The number of allylic oxidation sites excluding steroid dienone is 1. The van der Waals surface area contributed by atoms with Crippen LogP contribution in [0, 0.1) is 0 Å². The minimum Gasteiger partial charge on any atom is -0.515 e. The van der Waals surface area contributed by atoms with Crippen LogP contribution < -0.4 is 0 Å². The van der Waals surface area contributed by atoms with Crippen LogP contribution in [-0.4, -0.2) is 5.11 Å². The van der Waals surface area contributed by atoms with E-state index in [9.17, 15) is 0 Å². The fourth-order valence-corrected chi connectivity index (χ4v) is 1.02. The lowest BCUT2D eigenvalue weighted by molar-refractivity contribution is 0.474. The smallest absolute Gasteiger partial charge is 0.0829 e. The van der Waals surface area contributed by atoms with Crippen molar-refractivity contribution in [2.24, 2.45) is 0 Å². The van der Waals surface area contributed by atoms with Crippen LogP contribution in [0.15, 0.2) is 36.6 Å². The SMILES string of the molecule is CCC(=CO)c1ccccc1. The van der Waals surface area contributed by atoms with Crippen molar-refractivity contribution in [3.05, 3.63) is 42.2 Å². The van der Waals surface area contributed by atoms with Gasteiger partial charge in [0.05, 0.1) is 6.26 Å². The van der Waals surface area contributed by atoms with Crippen LogP contribution in [0.5, 0.6) is 0 Å². The lowest BCUT2D eigenvalue weighted by Gasteiger charge is -2.00. The van der Waals surface area contributed by atoms with E-state index in [0.29, 0.717) is 0 Å². The predicted molar refractivity (Wildman–Crippen MR) is 47.3 cm³/mol. The summed E-state index contributed by atoms with van der Waals surface area (Å²) >= 11 is 0. The topological polar surface area (TPSA) is 20.2 Å². The second-order valence-electron chi connectivity index (χ2n) is 2.37. The lowest BCUT2D eigenvalue weighted by atomic mass is 10.1. The molecule has 1 aromatic rings. The molecule has 58 valence electrons. The Morgan fingerprint density at radius 2 is 2.00 bits per heavy atom. The summed E-state index contributed by atoms with van der Waals surface area (Å²) in [5, 5.41) is 8.82. The van der Waals surface area contributed by atoms with Crippen LogP contribution in [0.25, 0.3) is 5.57 Å². The summed E-state index contributed by atoms with van der Waals surface area (Å²) < 4.78 is 0. The van der Waals surface area contributed by atoms with Gasteiger partial charge in [0.1, 0.15) is 0 Å². The minimum absolute atomic E-state index is 0.862. The van der Waals surface area contributed by atoms with E-state index in [1.54, 1.807) is 0 Å². The minimum atomic E-state index is 0.862. The van der Waals surface area contributed by atoms with Crippen molar-refractivity contribution >= 4 is 5.57 Å². The summed E-state index contributed by atoms with van der Waals surface area (Å²) in [5.74, 6) is 0. The molecular formula is C10H12O. The van der Waals surface area contributed by atoms with Gasteiger partial charge in [-0.05, 0) is 17.6 Å². The highest BCUT2D eigenvalue weighted by atomic mass is 16.2. The molecule has 1 aromatic carbocycles. The van der Waals surface area contributed by atoms with Gasteiger partial charge < -0.3 is 5.11 Å². The monoisotopic (exact) mass is 148 g/mol. The van der Waals surface area contributed by atoms with Gasteiger partial charge >= 0.3 is 0 Å². The highest BCUT2D eigenvalue weighted by molar-refractivity contribution is 5.63. The molecular weight excluding hydrogens is 136 g/mol. The van der Waals surface area contributed by atoms with Crippen molar-refractivity contribution in [3.8, 4) is 0 Å². The van der Waals surface area contributed by atoms with E-state index in [0.717, 1.165) is 17.6 Å². The molecule has 0 aromatic heterocycles. The van der Waals surface area contributed by atoms with Crippen molar-refractivity contribution in [2.45, 2.75) is 13.3 Å². The first-order valence-corrected chi connectivity index (χ1v) is 3.77. The highest BCUT2D eigenvalue weighted by Gasteiger charge is 1.95. The molecule has 11 heavy (non-hydrogen) atoms. The Morgan fingerprint density at radius 1 is 1.36 bits per heavy atom. The first-order valence-electron chi connectivity index (χ1n) is 3.77. The number of hydrogen-bond acceptors (Lipinski definition) is 1. The predicted octanol–water partition coefficient (Wildman–Crippen LogP) is 3.00. The molecule has 1 heteroatoms. The number of aliphatic hydroxyl groups is 1. The molecule has 1 N–H and O–H groups in total. The summed E-state index contributed by atoms with van der Waals surface area (Å²) in [7, 11) is 0. The van der Waals surface area contributed by atoms with Crippen molar-refractivity contribution in [2.75, 3.05) is 0 Å². The molecule has 1 rings (SSSR count). The Bertz CT molecular complexity index is 236. The van der Waals surface area contributed by atoms with Crippen LogP contribution in [-0.2, 0) is 0 Å². The third-order valence-electron chi connectivity index (χ3n) is 1.68. The third-order valence-corrected chi connectivity index (χ3v) is 1.68. The highest BCUT2D eigenvalue weighted by Crippen LogP contribution is 2.15. The Hall–Kier alpha value is -1.24. The van der Waals surface area contributed by atoms with E-state index >= 15 is 0 Å². The Labute approximate surface area is 67.0 Å². The number of rotatable bonds is 2. The average Bonchev–Trinajstić information content (AvgIpc) is 2.09. The number of benzene rings is 1. The molecule has 0 radical (unpaired) electrons. The first-order chi connectivity index (χ1) is 5.38. The molecule has 0 heterocycles. The van der Waals surface area contributed by atoms with E-state index in [2.05, 4.69) is 0 Å². The van der Waals surface area contributed by atoms with Gasteiger partial charge in [0, 0.05) is 0 Å². The normalized spacial score (nSPS) is 11.5. The lowest BCUT2D eigenvalue weighted by Crippen LogP contribution is -1.80. The molecule has 0 atom stereocenters. The largest absolute Gasteiger partial charge is 0.515 e. The number of aliphatic hydroxyl groups excluding tert-OH is 1. The maximum Gasteiger partial charge on any atom is 0.0829 e. The summed E-state index contributed by atoms with van der Waals surface area (Å²) in [6, 6.07) is 9.88.